The smallest absolute Gasteiger partial charge is 0.271 e. The summed E-state index contributed by atoms with van der Waals surface area (Å²) in [7, 11) is 0. The fourth-order valence-corrected chi connectivity index (χ4v) is 2.87. The maximum atomic E-state index is 12.2. The number of amides is 1. The van der Waals surface area contributed by atoms with E-state index in [4.69, 9.17) is 4.74 Å². The third-order valence-corrected chi connectivity index (χ3v) is 3.68. The summed E-state index contributed by atoms with van der Waals surface area (Å²) < 4.78 is 7.87. The number of hydrogen-bond donors (Lipinski definition) is 1. The van der Waals surface area contributed by atoms with Crippen molar-refractivity contribution in [1.82, 2.24) is 9.88 Å². The molecule has 0 aliphatic carbocycles. The molecule has 100 valence electrons. The van der Waals surface area contributed by atoms with E-state index in [1.54, 1.807) is 0 Å². The van der Waals surface area contributed by atoms with Crippen LogP contribution >= 0.6 is 0 Å². The van der Waals surface area contributed by atoms with Gasteiger partial charge in [-0.1, -0.05) is 12.1 Å². The summed E-state index contributed by atoms with van der Waals surface area (Å²) in [5.74, 6) is 0.669. The van der Waals surface area contributed by atoms with Gasteiger partial charge in [-0.2, -0.15) is 0 Å². The number of carbonyl (C=O) groups is 1. The van der Waals surface area contributed by atoms with Crippen LogP contribution in [0.2, 0.25) is 0 Å². The van der Waals surface area contributed by atoms with Crippen molar-refractivity contribution >= 4 is 16.8 Å². The first kappa shape index (κ1) is 12.1. The molecule has 0 saturated carbocycles. The minimum atomic E-state index is -0.0443. The van der Waals surface area contributed by atoms with Gasteiger partial charge in [0.25, 0.3) is 5.91 Å². The molecular weight excluding hydrogens is 240 g/mol. The van der Waals surface area contributed by atoms with Gasteiger partial charge in [0.1, 0.15) is 0 Å². The molecule has 0 unspecified atom stereocenters. The number of ether oxygens (including phenoxy) is 1. The molecule has 0 radical (unpaired) electrons. The van der Waals surface area contributed by atoms with Crippen molar-refractivity contribution < 1.29 is 9.53 Å². The summed E-state index contributed by atoms with van der Waals surface area (Å²) in [5.41, 5.74) is 2.94. The zero-order valence-corrected chi connectivity index (χ0v) is 11.5. The third kappa shape index (κ3) is 1.63. The van der Waals surface area contributed by atoms with Crippen LogP contribution in [-0.2, 0) is 0 Å². The van der Waals surface area contributed by atoms with E-state index in [9.17, 15) is 4.79 Å². The van der Waals surface area contributed by atoms with Gasteiger partial charge in [0.15, 0.2) is 11.4 Å². The fraction of sp³-hybridized carbons (Fsp3) is 0.400. The molecule has 1 amide bonds. The van der Waals surface area contributed by atoms with Gasteiger partial charge >= 0.3 is 0 Å². The van der Waals surface area contributed by atoms with E-state index < -0.39 is 0 Å². The van der Waals surface area contributed by atoms with Crippen molar-refractivity contribution in [2.45, 2.75) is 26.8 Å². The molecule has 3 rings (SSSR count). The van der Waals surface area contributed by atoms with Crippen LogP contribution in [0.15, 0.2) is 18.2 Å². The Labute approximate surface area is 112 Å². The monoisotopic (exact) mass is 258 g/mol. The average Bonchev–Trinajstić information content (AvgIpc) is 2.72. The van der Waals surface area contributed by atoms with Gasteiger partial charge in [-0.25, -0.2) is 0 Å². The van der Waals surface area contributed by atoms with Crippen molar-refractivity contribution in [2.75, 3.05) is 13.2 Å². The lowest BCUT2D eigenvalue weighted by molar-refractivity contribution is 0.0914. The van der Waals surface area contributed by atoms with Gasteiger partial charge in [0.05, 0.1) is 12.1 Å². The summed E-state index contributed by atoms with van der Waals surface area (Å²) in [6.45, 7) is 7.35. The molecule has 4 heteroatoms. The zero-order chi connectivity index (χ0) is 13.6. The number of fused-ring (bicyclic) bond motifs is 3. The minimum Gasteiger partial charge on any atom is -0.491 e. The van der Waals surface area contributed by atoms with E-state index in [2.05, 4.69) is 29.8 Å². The van der Waals surface area contributed by atoms with Crippen LogP contribution in [0.25, 0.3) is 10.9 Å². The summed E-state index contributed by atoms with van der Waals surface area (Å²) in [6.07, 6.45) is 0. The Balaban J connectivity index is 2.43. The van der Waals surface area contributed by atoms with Crippen molar-refractivity contribution in [3.8, 4) is 5.75 Å². The number of nitrogens with one attached hydrogen (secondary N) is 1. The second-order valence-corrected chi connectivity index (χ2v) is 5.01. The lowest BCUT2D eigenvalue weighted by Gasteiger charge is -2.24. The molecule has 1 aromatic carbocycles. The van der Waals surface area contributed by atoms with E-state index in [1.807, 2.05) is 19.1 Å². The summed E-state index contributed by atoms with van der Waals surface area (Å²) in [4.78, 5) is 12.2. The zero-order valence-electron chi connectivity index (χ0n) is 11.5. The number of hydrogen-bond acceptors (Lipinski definition) is 2. The van der Waals surface area contributed by atoms with E-state index in [1.165, 1.54) is 5.56 Å². The number of benzene rings is 1. The number of aromatic nitrogens is 1. The van der Waals surface area contributed by atoms with E-state index in [0.29, 0.717) is 24.6 Å². The highest BCUT2D eigenvalue weighted by Crippen LogP contribution is 2.38. The number of aryl methyl sites for hydroxylation is 1. The van der Waals surface area contributed by atoms with Crippen LogP contribution in [0.1, 0.15) is 35.9 Å². The normalized spacial score (nSPS) is 18.3. The molecule has 2 aromatic rings. The Bertz CT molecular complexity index is 658. The largest absolute Gasteiger partial charge is 0.491 e. The topological polar surface area (TPSA) is 43.3 Å². The van der Waals surface area contributed by atoms with Crippen LogP contribution in [0.3, 0.4) is 0 Å². The summed E-state index contributed by atoms with van der Waals surface area (Å²) in [5, 5.41) is 3.96. The molecule has 4 nitrogen and oxygen atoms in total. The maximum Gasteiger partial charge on any atom is 0.271 e. The van der Waals surface area contributed by atoms with E-state index in [-0.39, 0.29) is 11.9 Å². The highest BCUT2D eigenvalue weighted by Gasteiger charge is 2.30. The van der Waals surface area contributed by atoms with Gasteiger partial charge in [-0.15, -0.1) is 0 Å². The molecule has 2 heterocycles. The van der Waals surface area contributed by atoms with Crippen LogP contribution in [0, 0.1) is 6.92 Å². The Morgan fingerprint density at radius 3 is 3.00 bits per heavy atom. The van der Waals surface area contributed by atoms with Crippen LogP contribution < -0.4 is 10.1 Å². The molecule has 1 atom stereocenters. The highest BCUT2D eigenvalue weighted by molar-refractivity contribution is 6.05. The molecule has 19 heavy (non-hydrogen) atoms. The molecule has 1 aromatic heterocycles. The van der Waals surface area contributed by atoms with Crippen molar-refractivity contribution in [3.63, 3.8) is 0 Å². The fourth-order valence-electron chi connectivity index (χ4n) is 2.87. The summed E-state index contributed by atoms with van der Waals surface area (Å²) >= 11 is 0. The average molecular weight is 258 g/mol. The third-order valence-electron chi connectivity index (χ3n) is 3.68. The standard InChI is InChI=1S/C15H18N2O2/c1-4-19-14-11-7-5-6-9(2)12(11)17-10(3)8-16-15(18)13(14)17/h5-7,10H,4,8H2,1-3H3,(H,16,18)/t10-/m1/s1. The SMILES string of the molecule is CCOc1c2n(c3c(C)cccc13)[C@H](C)CNC2=O. The number of para-hydroxylation sites is 1. The molecular formula is C15H18N2O2. The number of nitrogens with zero attached hydrogens (tertiary/aromatic N) is 1. The summed E-state index contributed by atoms with van der Waals surface area (Å²) in [6, 6.07) is 6.35. The molecule has 1 aliphatic heterocycles. The first-order valence-electron chi connectivity index (χ1n) is 6.69. The van der Waals surface area contributed by atoms with Gasteiger partial charge < -0.3 is 14.6 Å². The Hall–Kier alpha value is -1.97. The van der Waals surface area contributed by atoms with Crippen LogP contribution in [-0.4, -0.2) is 23.6 Å². The molecule has 0 spiro atoms. The molecule has 0 bridgehead atoms. The quantitative estimate of drug-likeness (QED) is 0.900. The minimum absolute atomic E-state index is 0.0443. The van der Waals surface area contributed by atoms with Crippen molar-refractivity contribution in [1.29, 1.82) is 0 Å². The Morgan fingerprint density at radius 2 is 2.26 bits per heavy atom. The lowest BCUT2D eigenvalue weighted by Crippen LogP contribution is -2.37. The van der Waals surface area contributed by atoms with Gasteiger partial charge in [0.2, 0.25) is 0 Å². The number of carbonyl (C=O) groups excluding carboxylic acids is 1. The molecule has 1 N–H and O–H groups in total. The van der Waals surface area contributed by atoms with E-state index in [0.717, 1.165) is 10.9 Å². The Morgan fingerprint density at radius 1 is 1.47 bits per heavy atom. The van der Waals surface area contributed by atoms with Gasteiger partial charge in [0, 0.05) is 18.0 Å². The van der Waals surface area contributed by atoms with Gasteiger partial charge in [-0.3, -0.25) is 4.79 Å². The van der Waals surface area contributed by atoms with Crippen molar-refractivity contribution in [2.24, 2.45) is 0 Å². The predicted octanol–water partition coefficient (Wildman–Crippen LogP) is 2.65. The van der Waals surface area contributed by atoms with Crippen molar-refractivity contribution in [3.05, 3.63) is 29.5 Å². The van der Waals surface area contributed by atoms with E-state index >= 15 is 0 Å². The molecule has 0 fully saturated rings. The number of rotatable bonds is 2. The predicted molar refractivity (Wildman–Crippen MR) is 74.9 cm³/mol. The first-order valence-corrected chi connectivity index (χ1v) is 6.69. The first-order chi connectivity index (χ1) is 9.15. The Kier molecular flexibility index (Phi) is 2.73. The second kappa shape index (κ2) is 4.30. The lowest BCUT2D eigenvalue weighted by atomic mass is 10.1. The van der Waals surface area contributed by atoms with Crippen LogP contribution in [0.4, 0.5) is 0 Å². The van der Waals surface area contributed by atoms with Crippen LogP contribution in [0.5, 0.6) is 5.75 Å². The van der Waals surface area contributed by atoms with Gasteiger partial charge in [-0.05, 0) is 32.4 Å². The maximum absolute atomic E-state index is 12.2. The molecule has 0 saturated heterocycles. The molecule has 1 aliphatic rings. The second-order valence-electron chi connectivity index (χ2n) is 5.01. The highest BCUT2D eigenvalue weighted by atomic mass is 16.5.